The molecule has 0 unspecified atom stereocenters. The average molecular weight is 198 g/mol. The Morgan fingerprint density at radius 1 is 1.07 bits per heavy atom. The van der Waals surface area contributed by atoms with Gasteiger partial charge in [0.2, 0.25) is 0 Å². The van der Waals surface area contributed by atoms with E-state index in [0.717, 1.165) is 37.9 Å². The first kappa shape index (κ1) is 9.13. The SMILES string of the molecule is CO[C@@H]1C[C@@H]2CC3(C[C@@H]2C1)OCCO3. The summed E-state index contributed by atoms with van der Waals surface area (Å²) in [5, 5.41) is 0. The van der Waals surface area contributed by atoms with Gasteiger partial charge in [0.1, 0.15) is 0 Å². The monoisotopic (exact) mass is 198 g/mol. The molecule has 0 radical (unpaired) electrons. The first-order valence-corrected chi connectivity index (χ1v) is 5.62. The van der Waals surface area contributed by atoms with Crippen LogP contribution in [0, 0.1) is 11.8 Å². The predicted octanol–water partition coefficient (Wildman–Crippen LogP) is 1.56. The molecule has 0 N–H and O–H groups in total. The highest BCUT2D eigenvalue weighted by Crippen LogP contribution is 2.52. The summed E-state index contributed by atoms with van der Waals surface area (Å²) in [6.07, 6.45) is 5.09. The van der Waals surface area contributed by atoms with Gasteiger partial charge in [0, 0.05) is 20.0 Å². The minimum absolute atomic E-state index is 0.186. The van der Waals surface area contributed by atoms with Crippen LogP contribution >= 0.6 is 0 Å². The van der Waals surface area contributed by atoms with Gasteiger partial charge in [-0.15, -0.1) is 0 Å². The Kier molecular flexibility index (Phi) is 2.08. The Morgan fingerprint density at radius 3 is 2.14 bits per heavy atom. The predicted molar refractivity (Wildman–Crippen MR) is 50.9 cm³/mol. The lowest BCUT2D eigenvalue weighted by Gasteiger charge is -2.23. The second-order valence-corrected chi connectivity index (χ2v) is 4.87. The Balaban J connectivity index is 1.68. The molecule has 0 bridgehead atoms. The second-order valence-electron chi connectivity index (χ2n) is 4.87. The minimum atomic E-state index is -0.186. The highest BCUT2D eigenvalue weighted by atomic mass is 16.7. The molecular formula is C11H18O3. The Labute approximate surface area is 84.7 Å². The molecule has 1 spiro atoms. The molecule has 1 heterocycles. The summed E-state index contributed by atoms with van der Waals surface area (Å²) >= 11 is 0. The van der Waals surface area contributed by atoms with Crippen LogP contribution in [-0.2, 0) is 14.2 Å². The van der Waals surface area contributed by atoms with Gasteiger partial charge in [-0.3, -0.25) is 0 Å². The zero-order valence-corrected chi connectivity index (χ0v) is 8.70. The van der Waals surface area contributed by atoms with Gasteiger partial charge in [-0.1, -0.05) is 0 Å². The van der Waals surface area contributed by atoms with Crippen molar-refractivity contribution in [3.8, 4) is 0 Å². The Hall–Kier alpha value is -0.120. The molecule has 80 valence electrons. The summed E-state index contributed by atoms with van der Waals surface area (Å²) in [4.78, 5) is 0. The topological polar surface area (TPSA) is 27.7 Å². The van der Waals surface area contributed by atoms with Crippen molar-refractivity contribution in [2.45, 2.75) is 37.6 Å². The summed E-state index contributed by atoms with van der Waals surface area (Å²) in [6.45, 7) is 1.57. The maximum Gasteiger partial charge on any atom is 0.169 e. The number of methoxy groups -OCH3 is 1. The van der Waals surface area contributed by atoms with Gasteiger partial charge in [-0.25, -0.2) is 0 Å². The molecule has 2 saturated carbocycles. The highest BCUT2D eigenvalue weighted by molar-refractivity contribution is 4.97. The van der Waals surface area contributed by atoms with Crippen LogP contribution in [0.25, 0.3) is 0 Å². The van der Waals surface area contributed by atoms with Gasteiger partial charge >= 0.3 is 0 Å². The maximum absolute atomic E-state index is 5.74. The third-order valence-corrected chi connectivity index (χ3v) is 4.09. The van der Waals surface area contributed by atoms with E-state index >= 15 is 0 Å². The molecule has 1 saturated heterocycles. The van der Waals surface area contributed by atoms with E-state index in [1.54, 1.807) is 0 Å². The third-order valence-electron chi connectivity index (χ3n) is 4.09. The van der Waals surface area contributed by atoms with E-state index in [0.29, 0.717) is 6.10 Å². The first-order valence-electron chi connectivity index (χ1n) is 5.62. The lowest BCUT2D eigenvalue weighted by molar-refractivity contribution is -0.156. The van der Waals surface area contributed by atoms with Crippen LogP contribution in [0.5, 0.6) is 0 Å². The molecule has 0 amide bonds. The molecular weight excluding hydrogens is 180 g/mol. The van der Waals surface area contributed by atoms with Crippen LogP contribution < -0.4 is 0 Å². The summed E-state index contributed by atoms with van der Waals surface area (Å²) in [7, 11) is 1.82. The van der Waals surface area contributed by atoms with Crippen molar-refractivity contribution in [2.24, 2.45) is 11.8 Å². The largest absolute Gasteiger partial charge is 0.381 e. The van der Waals surface area contributed by atoms with E-state index in [2.05, 4.69) is 0 Å². The van der Waals surface area contributed by atoms with Crippen LogP contribution in [0.3, 0.4) is 0 Å². The average Bonchev–Trinajstić information content (AvgIpc) is 2.81. The van der Waals surface area contributed by atoms with Crippen molar-refractivity contribution in [1.29, 1.82) is 0 Å². The number of hydrogen-bond acceptors (Lipinski definition) is 3. The second kappa shape index (κ2) is 3.19. The number of hydrogen-bond donors (Lipinski definition) is 0. The highest BCUT2D eigenvalue weighted by Gasteiger charge is 2.52. The molecule has 0 aromatic rings. The van der Waals surface area contributed by atoms with Gasteiger partial charge in [0.05, 0.1) is 19.3 Å². The molecule has 1 aliphatic heterocycles. The number of rotatable bonds is 1. The smallest absolute Gasteiger partial charge is 0.169 e. The van der Waals surface area contributed by atoms with Crippen molar-refractivity contribution in [1.82, 2.24) is 0 Å². The molecule has 3 atom stereocenters. The molecule has 0 aromatic heterocycles. The van der Waals surface area contributed by atoms with Crippen LogP contribution in [-0.4, -0.2) is 32.2 Å². The van der Waals surface area contributed by atoms with Crippen molar-refractivity contribution in [2.75, 3.05) is 20.3 Å². The van der Waals surface area contributed by atoms with E-state index in [1.165, 1.54) is 12.8 Å². The molecule has 3 rings (SSSR count). The normalized spacial score (nSPS) is 44.8. The zero-order valence-electron chi connectivity index (χ0n) is 8.70. The fourth-order valence-electron chi connectivity index (χ4n) is 3.46. The third kappa shape index (κ3) is 1.30. The fourth-order valence-corrected chi connectivity index (χ4v) is 3.46. The summed E-state index contributed by atoms with van der Waals surface area (Å²) in [5.41, 5.74) is 0. The van der Waals surface area contributed by atoms with Gasteiger partial charge in [-0.05, 0) is 24.7 Å². The summed E-state index contributed by atoms with van der Waals surface area (Å²) in [5.74, 6) is 1.37. The Bertz CT molecular complexity index is 207. The number of fused-ring (bicyclic) bond motifs is 1. The molecule has 3 heteroatoms. The van der Waals surface area contributed by atoms with Gasteiger partial charge in [-0.2, -0.15) is 0 Å². The molecule has 2 aliphatic carbocycles. The molecule has 3 fully saturated rings. The summed E-state index contributed by atoms with van der Waals surface area (Å²) in [6, 6.07) is 0. The van der Waals surface area contributed by atoms with Gasteiger partial charge in [0.25, 0.3) is 0 Å². The lowest BCUT2D eigenvalue weighted by Crippen LogP contribution is -2.27. The molecule has 0 aromatic carbocycles. The van der Waals surface area contributed by atoms with Crippen molar-refractivity contribution >= 4 is 0 Å². The quantitative estimate of drug-likeness (QED) is 0.640. The van der Waals surface area contributed by atoms with E-state index in [-0.39, 0.29) is 5.79 Å². The zero-order chi connectivity index (χ0) is 9.60. The first-order chi connectivity index (χ1) is 6.81. The fraction of sp³-hybridized carbons (Fsp3) is 1.00. The van der Waals surface area contributed by atoms with E-state index in [9.17, 15) is 0 Å². The molecule has 3 aliphatic rings. The van der Waals surface area contributed by atoms with Crippen molar-refractivity contribution in [3.63, 3.8) is 0 Å². The standard InChI is InChI=1S/C11H18O3/c1-12-10-4-8-6-11(7-9(8)5-10)13-2-3-14-11/h8-10H,2-7H2,1H3/t8-,9+,10-. The van der Waals surface area contributed by atoms with Crippen LogP contribution in [0.1, 0.15) is 25.7 Å². The lowest BCUT2D eigenvalue weighted by atomic mass is 10.0. The Morgan fingerprint density at radius 2 is 1.64 bits per heavy atom. The minimum Gasteiger partial charge on any atom is -0.381 e. The number of ether oxygens (including phenoxy) is 3. The van der Waals surface area contributed by atoms with Crippen molar-refractivity contribution in [3.05, 3.63) is 0 Å². The molecule has 14 heavy (non-hydrogen) atoms. The van der Waals surface area contributed by atoms with Gasteiger partial charge < -0.3 is 14.2 Å². The van der Waals surface area contributed by atoms with Crippen LogP contribution in [0.4, 0.5) is 0 Å². The van der Waals surface area contributed by atoms with Gasteiger partial charge in [0.15, 0.2) is 5.79 Å². The van der Waals surface area contributed by atoms with E-state index in [1.807, 2.05) is 7.11 Å². The van der Waals surface area contributed by atoms with Crippen LogP contribution in [0.2, 0.25) is 0 Å². The van der Waals surface area contributed by atoms with E-state index in [4.69, 9.17) is 14.2 Å². The van der Waals surface area contributed by atoms with Crippen LogP contribution in [0.15, 0.2) is 0 Å². The summed E-state index contributed by atoms with van der Waals surface area (Å²) < 4.78 is 16.9. The van der Waals surface area contributed by atoms with Crippen molar-refractivity contribution < 1.29 is 14.2 Å². The maximum atomic E-state index is 5.74. The van der Waals surface area contributed by atoms with E-state index < -0.39 is 0 Å². The molecule has 3 nitrogen and oxygen atoms in total.